The largest absolute Gasteiger partial charge is 0.388 e. The molecule has 0 fully saturated rings. The van der Waals surface area contributed by atoms with E-state index in [-0.39, 0.29) is 11.9 Å². The van der Waals surface area contributed by atoms with Gasteiger partial charge >= 0.3 is 0 Å². The molecule has 2 aromatic heterocycles. The Kier molecular flexibility index (Phi) is 4.08. The fourth-order valence-corrected chi connectivity index (χ4v) is 1.77. The Morgan fingerprint density at radius 3 is 2.85 bits per heavy atom. The predicted octanol–water partition coefficient (Wildman–Crippen LogP) is -0.00250. The Morgan fingerprint density at radius 1 is 1.40 bits per heavy atom. The van der Waals surface area contributed by atoms with Gasteiger partial charge in [-0.1, -0.05) is 13.3 Å². The average molecular weight is 278 g/mol. The minimum absolute atomic E-state index is 0.0723. The Bertz CT molecular complexity index is 554. The fraction of sp³-hybridized carbons (Fsp3) is 0.545. The van der Waals surface area contributed by atoms with E-state index in [0.29, 0.717) is 18.9 Å². The van der Waals surface area contributed by atoms with Crippen LogP contribution < -0.4 is 11.1 Å². The highest BCUT2D eigenvalue weighted by atomic mass is 16.3. The maximum atomic E-state index is 10.1. The number of aromatic nitrogens is 6. The minimum atomic E-state index is -0.830. The zero-order valence-electron chi connectivity index (χ0n) is 11.5. The van der Waals surface area contributed by atoms with E-state index < -0.39 is 5.60 Å². The van der Waals surface area contributed by atoms with Gasteiger partial charge < -0.3 is 16.2 Å². The molecule has 4 N–H and O–H groups in total. The van der Waals surface area contributed by atoms with Gasteiger partial charge in [-0.15, -0.1) is 0 Å². The molecule has 2 aromatic rings. The third kappa shape index (κ3) is 3.60. The number of nitrogens with one attached hydrogen (secondary N) is 1. The summed E-state index contributed by atoms with van der Waals surface area (Å²) in [6.45, 7) is 4.09. The third-order valence-corrected chi connectivity index (χ3v) is 2.68. The first-order valence-corrected chi connectivity index (χ1v) is 6.33. The molecule has 0 saturated heterocycles. The highest BCUT2D eigenvalue weighted by Crippen LogP contribution is 2.13. The molecule has 20 heavy (non-hydrogen) atoms. The summed E-state index contributed by atoms with van der Waals surface area (Å²) in [7, 11) is 0. The first-order chi connectivity index (χ1) is 9.50. The number of nitrogens with zero attached hydrogens (tertiary/aromatic N) is 6. The van der Waals surface area contributed by atoms with E-state index in [9.17, 15) is 5.11 Å². The number of rotatable bonds is 6. The summed E-state index contributed by atoms with van der Waals surface area (Å²) < 4.78 is 1.38. The van der Waals surface area contributed by atoms with Crippen LogP contribution in [0.3, 0.4) is 0 Å². The summed E-state index contributed by atoms with van der Waals surface area (Å²) in [6, 6.07) is 0. The molecule has 0 radical (unpaired) electrons. The van der Waals surface area contributed by atoms with Crippen LogP contribution in [0.1, 0.15) is 26.7 Å². The highest BCUT2D eigenvalue weighted by molar-refractivity contribution is 5.34. The first-order valence-electron chi connectivity index (χ1n) is 6.33. The van der Waals surface area contributed by atoms with E-state index in [1.807, 2.05) is 6.92 Å². The molecule has 0 aliphatic heterocycles. The molecule has 108 valence electrons. The van der Waals surface area contributed by atoms with Gasteiger partial charge in [-0.3, -0.25) is 0 Å². The van der Waals surface area contributed by atoms with Crippen molar-refractivity contribution in [3.8, 4) is 5.95 Å². The maximum absolute atomic E-state index is 10.1. The third-order valence-electron chi connectivity index (χ3n) is 2.68. The van der Waals surface area contributed by atoms with Crippen molar-refractivity contribution < 1.29 is 5.11 Å². The van der Waals surface area contributed by atoms with Crippen LogP contribution in [0.4, 0.5) is 11.9 Å². The quantitative estimate of drug-likeness (QED) is 0.673. The van der Waals surface area contributed by atoms with Crippen molar-refractivity contribution >= 4 is 11.9 Å². The van der Waals surface area contributed by atoms with Gasteiger partial charge in [0.05, 0.1) is 5.60 Å². The van der Waals surface area contributed by atoms with Gasteiger partial charge in [-0.05, 0) is 13.3 Å². The summed E-state index contributed by atoms with van der Waals surface area (Å²) >= 11 is 0. The molecule has 1 atom stereocenters. The first kappa shape index (κ1) is 14.1. The van der Waals surface area contributed by atoms with Gasteiger partial charge in [0.25, 0.3) is 5.95 Å². The lowest BCUT2D eigenvalue weighted by molar-refractivity contribution is 0.0635. The molecule has 1 unspecified atom stereocenters. The average Bonchev–Trinajstić information content (AvgIpc) is 2.90. The van der Waals surface area contributed by atoms with Crippen LogP contribution in [0.15, 0.2) is 12.7 Å². The molecule has 0 aliphatic rings. The molecular formula is C11H18N8O. The zero-order chi connectivity index (χ0) is 14.6. The van der Waals surface area contributed by atoms with E-state index in [1.165, 1.54) is 17.3 Å². The van der Waals surface area contributed by atoms with Gasteiger partial charge in [0.1, 0.15) is 12.7 Å². The number of aliphatic hydroxyl groups is 1. The van der Waals surface area contributed by atoms with Gasteiger partial charge in [-0.2, -0.15) is 24.7 Å². The van der Waals surface area contributed by atoms with E-state index in [2.05, 4.69) is 30.4 Å². The number of nitrogens with two attached hydrogens (primary N) is 1. The molecular weight excluding hydrogens is 260 g/mol. The molecule has 0 spiro atoms. The second-order valence-electron chi connectivity index (χ2n) is 4.76. The Balaban J connectivity index is 2.13. The standard InChI is InChI=1S/C11H18N8O/c1-3-4-11(2,20)5-14-9-16-8(12)17-10(18-9)19-7-13-6-15-19/h6-7,20H,3-5H2,1-2H3,(H3,12,14,16,17,18). The van der Waals surface area contributed by atoms with E-state index in [4.69, 9.17) is 5.73 Å². The topological polar surface area (TPSA) is 128 Å². The summed E-state index contributed by atoms with van der Waals surface area (Å²) in [4.78, 5) is 15.9. The molecule has 2 heterocycles. The van der Waals surface area contributed by atoms with Crippen LogP contribution in [0.2, 0.25) is 0 Å². The maximum Gasteiger partial charge on any atom is 0.258 e. The van der Waals surface area contributed by atoms with Crippen molar-refractivity contribution in [1.82, 2.24) is 29.7 Å². The normalized spacial score (nSPS) is 13.9. The number of anilines is 2. The van der Waals surface area contributed by atoms with Crippen molar-refractivity contribution in [2.45, 2.75) is 32.3 Å². The SMILES string of the molecule is CCCC(C)(O)CNc1nc(N)nc(-n2cncn2)n1. The molecule has 9 nitrogen and oxygen atoms in total. The minimum Gasteiger partial charge on any atom is -0.388 e. The second-order valence-corrected chi connectivity index (χ2v) is 4.76. The van der Waals surface area contributed by atoms with E-state index in [1.54, 1.807) is 6.92 Å². The van der Waals surface area contributed by atoms with E-state index >= 15 is 0 Å². The molecule has 9 heteroatoms. The Labute approximate surface area is 116 Å². The van der Waals surface area contributed by atoms with Crippen LogP contribution in [0, 0.1) is 0 Å². The highest BCUT2D eigenvalue weighted by Gasteiger charge is 2.19. The molecule has 2 rings (SSSR count). The van der Waals surface area contributed by atoms with Crippen molar-refractivity contribution in [3.05, 3.63) is 12.7 Å². The summed E-state index contributed by atoms with van der Waals surface area (Å²) in [5.41, 5.74) is 4.81. The van der Waals surface area contributed by atoms with Crippen molar-refractivity contribution in [2.75, 3.05) is 17.6 Å². The Hall–Kier alpha value is -2.29. The summed E-state index contributed by atoms with van der Waals surface area (Å²) in [5.74, 6) is 0.634. The Morgan fingerprint density at radius 2 is 2.20 bits per heavy atom. The molecule has 0 bridgehead atoms. The van der Waals surface area contributed by atoms with Crippen LogP contribution in [-0.2, 0) is 0 Å². The number of hydrogen-bond acceptors (Lipinski definition) is 8. The lowest BCUT2D eigenvalue weighted by atomic mass is 10.0. The van der Waals surface area contributed by atoms with Crippen molar-refractivity contribution in [2.24, 2.45) is 0 Å². The summed E-state index contributed by atoms with van der Waals surface area (Å²) in [6.07, 6.45) is 4.40. The van der Waals surface area contributed by atoms with Gasteiger partial charge in [0.2, 0.25) is 11.9 Å². The molecule has 0 aromatic carbocycles. The smallest absolute Gasteiger partial charge is 0.258 e. The summed E-state index contributed by atoms with van der Waals surface area (Å²) in [5, 5.41) is 17.0. The lowest BCUT2D eigenvalue weighted by Crippen LogP contribution is -2.33. The van der Waals surface area contributed by atoms with Crippen LogP contribution in [0.25, 0.3) is 5.95 Å². The van der Waals surface area contributed by atoms with Crippen LogP contribution in [-0.4, -0.2) is 47.0 Å². The second kappa shape index (κ2) is 5.78. The lowest BCUT2D eigenvalue weighted by Gasteiger charge is -2.22. The zero-order valence-corrected chi connectivity index (χ0v) is 11.5. The molecule has 0 saturated carbocycles. The predicted molar refractivity (Wildman–Crippen MR) is 73.2 cm³/mol. The molecule has 0 amide bonds. The fourth-order valence-electron chi connectivity index (χ4n) is 1.77. The van der Waals surface area contributed by atoms with E-state index in [0.717, 1.165) is 6.42 Å². The monoisotopic (exact) mass is 278 g/mol. The number of nitrogen functional groups attached to an aromatic ring is 1. The van der Waals surface area contributed by atoms with Gasteiger partial charge in [0.15, 0.2) is 0 Å². The van der Waals surface area contributed by atoms with Gasteiger partial charge in [0, 0.05) is 6.54 Å². The van der Waals surface area contributed by atoms with Gasteiger partial charge in [-0.25, -0.2) is 4.98 Å². The van der Waals surface area contributed by atoms with Crippen LogP contribution in [0.5, 0.6) is 0 Å². The number of hydrogen-bond donors (Lipinski definition) is 3. The van der Waals surface area contributed by atoms with Crippen molar-refractivity contribution in [1.29, 1.82) is 0 Å². The van der Waals surface area contributed by atoms with Crippen molar-refractivity contribution in [3.63, 3.8) is 0 Å². The molecule has 0 aliphatic carbocycles. The van der Waals surface area contributed by atoms with Crippen LogP contribution >= 0.6 is 0 Å².